The zero-order valence-corrected chi connectivity index (χ0v) is 12.5. The van der Waals surface area contributed by atoms with E-state index in [4.69, 9.17) is 0 Å². The maximum absolute atomic E-state index is 3.72. The molecule has 0 radical (unpaired) electrons. The summed E-state index contributed by atoms with van der Waals surface area (Å²) in [5.74, 6) is 1.68. The Balaban J connectivity index is 2.55. The topological polar surface area (TPSA) is 15.3 Å². The molecule has 0 saturated carbocycles. The zero-order valence-electron chi connectivity index (χ0n) is 12.5. The van der Waals surface area contributed by atoms with Crippen molar-refractivity contribution < 1.29 is 0 Å². The smallest absolute Gasteiger partial charge is 0.0198 e. The summed E-state index contributed by atoms with van der Waals surface area (Å²) in [6, 6.07) is 1.45. The van der Waals surface area contributed by atoms with E-state index in [-0.39, 0.29) is 0 Å². The van der Waals surface area contributed by atoms with Gasteiger partial charge in [-0.3, -0.25) is 4.90 Å². The summed E-state index contributed by atoms with van der Waals surface area (Å²) in [6.07, 6.45) is 3.88. The Morgan fingerprint density at radius 1 is 1.18 bits per heavy atom. The van der Waals surface area contributed by atoms with Crippen LogP contribution in [-0.4, -0.2) is 36.6 Å². The van der Waals surface area contributed by atoms with Crippen molar-refractivity contribution >= 4 is 0 Å². The van der Waals surface area contributed by atoms with Gasteiger partial charge in [-0.15, -0.1) is 0 Å². The number of hydrogen-bond donors (Lipinski definition) is 1. The van der Waals surface area contributed by atoms with Crippen molar-refractivity contribution in [2.45, 2.75) is 66.0 Å². The Bertz CT molecular complexity index is 203. The highest BCUT2D eigenvalue weighted by atomic mass is 15.2. The van der Waals surface area contributed by atoms with E-state index in [1.54, 1.807) is 0 Å². The minimum absolute atomic E-state index is 0.713. The molecule has 0 aromatic carbocycles. The summed E-state index contributed by atoms with van der Waals surface area (Å²) < 4.78 is 0. The van der Waals surface area contributed by atoms with Crippen LogP contribution >= 0.6 is 0 Å². The third kappa shape index (κ3) is 4.59. The standard InChI is InChI=1S/C15H32N2/c1-6-8-16-15-9-14(12(3)4)10-17(11-15)13(5)7-2/h12-16H,6-11H2,1-5H3. The number of nitrogens with one attached hydrogen (secondary N) is 1. The summed E-state index contributed by atoms with van der Waals surface area (Å²) in [4.78, 5) is 2.70. The Labute approximate surface area is 108 Å². The largest absolute Gasteiger partial charge is 0.313 e. The number of rotatable bonds is 6. The van der Waals surface area contributed by atoms with Crippen LogP contribution in [0, 0.1) is 11.8 Å². The lowest BCUT2D eigenvalue weighted by Gasteiger charge is -2.42. The number of piperidine rings is 1. The lowest BCUT2D eigenvalue weighted by atomic mass is 9.84. The molecule has 0 aromatic rings. The quantitative estimate of drug-likeness (QED) is 0.767. The highest BCUT2D eigenvalue weighted by Gasteiger charge is 2.30. The highest BCUT2D eigenvalue weighted by Crippen LogP contribution is 2.25. The van der Waals surface area contributed by atoms with Crippen LogP contribution < -0.4 is 5.32 Å². The summed E-state index contributed by atoms with van der Waals surface area (Å²) in [5, 5.41) is 3.72. The van der Waals surface area contributed by atoms with Gasteiger partial charge in [0.05, 0.1) is 0 Å². The first-order valence-electron chi connectivity index (χ1n) is 7.55. The number of nitrogens with zero attached hydrogens (tertiary/aromatic N) is 1. The molecule has 0 amide bonds. The first kappa shape index (κ1) is 15.0. The fourth-order valence-corrected chi connectivity index (χ4v) is 2.77. The van der Waals surface area contributed by atoms with Crippen LogP contribution in [0.2, 0.25) is 0 Å². The van der Waals surface area contributed by atoms with Gasteiger partial charge in [-0.05, 0) is 44.6 Å². The van der Waals surface area contributed by atoms with Gasteiger partial charge in [0.2, 0.25) is 0 Å². The Morgan fingerprint density at radius 2 is 1.88 bits per heavy atom. The molecule has 17 heavy (non-hydrogen) atoms. The summed E-state index contributed by atoms with van der Waals surface area (Å²) in [6.45, 7) is 15.4. The molecule has 0 aliphatic carbocycles. The second-order valence-corrected chi connectivity index (χ2v) is 6.10. The van der Waals surface area contributed by atoms with Gasteiger partial charge < -0.3 is 5.32 Å². The average Bonchev–Trinajstić information content (AvgIpc) is 2.34. The van der Waals surface area contributed by atoms with E-state index >= 15 is 0 Å². The van der Waals surface area contributed by atoms with Gasteiger partial charge >= 0.3 is 0 Å². The molecule has 1 fully saturated rings. The van der Waals surface area contributed by atoms with Gasteiger partial charge in [0, 0.05) is 25.2 Å². The van der Waals surface area contributed by atoms with Crippen molar-refractivity contribution in [1.29, 1.82) is 0 Å². The second kappa shape index (κ2) is 7.38. The van der Waals surface area contributed by atoms with E-state index in [9.17, 15) is 0 Å². The van der Waals surface area contributed by atoms with Crippen molar-refractivity contribution in [2.24, 2.45) is 11.8 Å². The molecule has 1 rings (SSSR count). The molecule has 2 nitrogen and oxygen atoms in total. The van der Waals surface area contributed by atoms with Gasteiger partial charge in [-0.2, -0.15) is 0 Å². The van der Waals surface area contributed by atoms with Crippen molar-refractivity contribution in [3.8, 4) is 0 Å². The van der Waals surface area contributed by atoms with Crippen LogP contribution in [0.3, 0.4) is 0 Å². The Morgan fingerprint density at radius 3 is 2.41 bits per heavy atom. The highest BCUT2D eigenvalue weighted by molar-refractivity contribution is 4.86. The molecule has 0 bridgehead atoms. The number of likely N-dealkylation sites (tertiary alicyclic amines) is 1. The molecule has 3 unspecified atom stereocenters. The first-order valence-corrected chi connectivity index (χ1v) is 7.55. The van der Waals surface area contributed by atoms with Gasteiger partial charge in [0.15, 0.2) is 0 Å². The van der Waals surface area contributed by atoms with E-state index in [1.807, 2.05) is 0 Å². The first-order chi connectivity index (χ1) is 8.08. The maximum atomic E-state index is 3.72. The molecular formula is C15H32N2. The minimum atomic E-state index is 0.713. The Kier molecular flexibility index (Phi) is 6.50. The third-order valence-electron chi connectivity index (χ3n) is 4.35. The zero-order chi connectivity index (χ0) is 12.8. The van der Waals surface area contributed by atoms with E-state index < -0.39 is 0 Å². The van der Waals surface area contributed by atoms with Gasteiger partial charge in [0.1, 0.15) is 0 Å². The predicted molar refractivity (Wildman–Crippen MR) is 76.4 cm³/mol. The van der Waals surface area contributed by atoms with E-state index in [2.05, 4.69) is 44.8 Å². The minimum Gasteiger partial charge on any atom is -0.313 e. The van der Waals surface area contributed by atoms with Crippen LogP contribution in [0.4, 0.5) is 0 Å². The number of hydrogen-bond acceptors (Lipinski definition) is 2. The van der Waals surface area contributed by atoms with Crippen molar-refractivity contribution in [3.05, 3.63) is 0 Å². The molecule has 0 aromatic heterocycles. The molecule has 0 spiro atoms. The average molecular weight is 240 g/mol. The van der Waals surface area contributed by atoms with E-state index in [0.29, 0.717) is 6.04 Å². The molecule has 1 aliphatic heterocycles. The van der Waals surface area contributed by atoms with Crippen LogP contribution in [0.15, 0.2) is 0 Å². The van der Waals surface area contributed by atoms with Crippen LogP contribution in [0.5, 0.6) is 0 Å². The van der Waals surface area contributed by atoms with E-state index in [1.165, 1.54) is 38.9 Å². The van der Waals surface area contributed by atoms with Crippen LogP contribution in [0.1, 0.15) is 53.9 Å². The van der Waals surface area contributed by atoms with Gasteiger partial charge in [0.25, 0.3) is 0 Å². The van der Waals surface area contributed by atoms with E-state index in [0.717, 1.165) is 17.9 Å². The van der Waals surface area contributed by atoms with Crippen LogP contribution in [0.25, 0.3) is 0 Å². The van der Waals surface area contributed by atoms with Crippen LogP contribution in [-0.2, 0) is 0 Å². The van der Waals surface area contributed by atoms with Crippen molar-refractivity contribution in [3.63, 3.8) is 0 Å². The lowest BCUT2D eigenvalue weighted by Crippen LogP contribution is -2.52. The predicted octanol–water partition coefficient (Wildman–Crippen LogP) is 3.13. The molecule has 102 valence electrons. The fourth-order valence-electron chi connectivity index (χ4n) is 2.77. The molecule has 2 heteroatoms. The molecule has 1 aliphatic rings. The molecule has 1 N–H and O–H groups in total. The molecule has 3 atom stereocenters. The molecule has 1 saturated heterocycles. The monoisotopic (exact) mass is 240 g/mol. The van der Waals surface area contributed by atoms with Gasteiger partial charge in [-0.1, -0.05) is 27.7 Å². The normalized spacial score (nSPS) is 28.6. The molecular weight excluding hydrogens is 208 g/mol. The Hall–Kier alpha value is -0.0800. The SMILES string of the molecule is CCCNC1CC(C(C)C)CN(C(C)CC)C1. The summed E-state index contributed by atoms with van der Waals surface area (Å²) in [7, 11) is 0. The van der Waals surface area contributed by atoms with Crippen molar-refractivity contribution in [1.82, 2.24) is 10.2 Å². The summed E-state index contributed by atoms with van der Waals surface area (Å²) >= 11 is 0. The molecule has 1 heterocycles. The lowest BCUT2D eigenvalue weighted by molar-refractivity contribution is 0.0829. The maximum Gasteiger partial charge on any atom is 0.0198 e. The second-order valence-electron chi connectivity index (χ2n) is 6.10. The summed E-state index contributed by atoms with van der Waals surface area (Å²) in [5.41, 5.74) is 0. The van der Waals surface area contributed by atoms with Crippen molar-refractivity contribution in [2.75, 3.05) is 19.6 Å². The third-order valence-corrected chi connectivity index (χ3v) is 4.35. The fraction of sp³-hybridized carbons (Fsp3) is 1.00. The van der Waals surface area contributed by atoms with Gasteiger partial charge in [-0.25, -0.2) is 0 Å².